The van der Waals surface area contributed by atoms with Gasteiger partial charge in [-0.05, 0) is 30.3 Å². The molecule has 152 valence electrons. The second kappa shape index (κ2) is 9.93. The van der Waals surface area contributed by atoms with Crippen molar-refractivity contribution in [2.45, 2.75) is 0 Å². The van der Waals surface area contributed by atoms with E-state index in [1.54, 1.807) is 18.2 Å². The lowest BCUT2D eigenvalue weighted by atomic mass is 10.1. The molecule has 0 radical (unpaired) electrons. The van der Waals surface area contributed by atoms with Crippen LogP contribution in [0.15, 0.2) is 42.5 Å². The number of para-hydroxylation sites is 1. The van der Waals surface area contributed by atoms with E-state index in [0.29, 0.717) is 17.1 Å². The number of carbonyl (C=O) groups excluding carboxylic acids is 3. The molecule has 0 aliphatic rings. The quantitative estimate of drug-likeness (QED) is 0.398. The number of benzene rings is 2. The number of rotatable bonds is 7. The van der Waals surface area contributed by atoms with E-state index in [4.69, 9.17) is 14.2 Å². The summed E-state index contributed by atoms with van der Waals surface area (Å²) in [7, 11) is 5.39. The second-order valence-electron chi connectivity index (χ2n) is 5.57. The zero-order chi connectivity index (χ0) is 21.4. The third-order valence-electron chi connectivity index (χ3n) is 3.80. The standard InChI is InChI=1S/C21H20O8/c1-25-17-7-5-6-13(19(17)26-2)8-9-18(22)29-16-11-14(20(23)27-3)10-15(12-16)21(24)28-4/h5-12H,1-4H3/b9-8+. The molecule has 0 saturated carbocycles. The normalized spacial score (nSPS) is 10.3. The predicted molar refractivity (Wildman–Crippen MR) is 103 cm³/mol. The highest BCUT2D eigenvalue weighted by atomic mass is 16.5. The summed E-state index contributed by atoms with van der Waals surface area (Å²) in [5, 5.41) is 0. The van der Waals surface area contributed by atoms with E-state index in [1.807, 2.05) is 0 Å². The summed E-state index contributed by atoms with van der Waals surface area (Å²) < 4.78 is 25.0. The maximum atomic E-state index is 12.2. The first-order chi connectivity index (χ1) is 13.9. The molecule has 0 aliphatic heterocycles. The Labute approximate surface area is 167 Å². The topological polar surface area (TPSA) is 97.4 Å². The minimum Gasteiger partial charge on any atom is -0.493 e. The molecule has 0 aromatic heterocycles. The van der Waals surface area contributed by atoms with Crippen molar-refractivity contribution >= 4 is 24.0 Å². The van der Waals surface area contributed by atoms with Crippen LogP contribution in [0, 0.1) is 0 Å². The molecule has 0 fully saturated rings. The number of methoxy groups -OCH3 is 4. The Kier molecular flexibility index (Phi) is 7.36. The lowest BCUT2D eigenvalue weighted by molar-refractivity contribution is -0.128. The first-order valence-electron chi connectivity index (χ1n) is 8.36. The van der Waals surface area contributed by atoms with Crippen molar-refractivity contribution < 1.29 is 38.1 Å². The van der Waals surface area contributed by atoms with Gasteiger partial charge in [0.05, 0.1) is 39.6 Å². The Morgan fingerprint density at radius 1 is 0.828 bits per heavy atom. The van der Waals surface area contributed by atoms with Crippen molar-refractivity contribution in [3.8, 4) is 17.2 Å². The number of carbonyl (C=O) groups is 3. The fraction of sp³-hybridized carbons (Fsp3) is 0.190. The van der Waals surface area contributed by atoms with Gasteiger partial charge in [-0.3, -0.25) is 0 Å². The van der Waals surface area contributed by atoms with E-state index in [-0.39, 0.29) is 16.9 Å². The van der Waals surface area contributed by atoms with Gasteiger partial charge in [-0.1, -0.05) is 12.1 Å². The minimum absolute atomic E-state index is 0.0134. The molecular weight excluding hydrogens is 380 g/mol. The van der Waals surface area contributed by atoms with Gasteiger partial charge in [-0.25, -0.2) is 14.4 Å². The third kappa shape index (κ3) is 5.35. The number of ether oxygens (including phenoxy) is 5. The van der Waals surface area contributed by atoms with Crippen LogP contribution in [0.5, 0.6) is 17.2 Å². The zero-order valence-electron chi connectivity index (χ0n) is 16.4. The van der Waals surface area contributed by atoms with Gasteiger partial charge >= 0.3 is 17.9 Å². The first-order valence-corrected chi connectivity index (χ1v) is 8.36. The van der Waals surface area contributed by atoms with Crippen molar-refractivity contribution in [2.75, 3.05) is 28.4 Å². The molecule has 8 nitrogen and oxygen atoms in total. The van der Waals surface area contributed by atoms with E-state index < -0.39 is 17.9 Å². The molecule has 0 N–H and O–H groups in total. The van der Waals surface area contributed by atoms with E-state index >= 15 is 0 Å². The van der Waals surface area contributed by atoms with E-state index in [2.05, 4.69) is 9.47 Å². The summed E-state index contributed by atoms with van der Waals surface area (Å²) >= 11 is 0. The molecule has 0 atom stereocenters. The summed E-state index contributed by atoms with van der Waals surface area (Å²) in [6.07, 6.45) is 2.68. The highest BCUT2D eigenvalue weighted by molar-refractivity contribution is 5.97. The SMILES string of the molecule is COC(=O)c1cc(OC(=O)/C=C/c2cccc(OC)c2OC)cc(C(=O)OC)c1. The van der Waals surface area contributed by atoms with Crippen LogP contribution in [0.2, 0.25) is 0 Å². The van der Waals surface area contributed by atoms with E-state index in [9.17, 15) is 14.4 Å². The Morgan fingerprint density at radius 2 is 1.45 bits per heavy atom. The summed E-state index contributed by atoms with van der Waals surface area (Å²) in [5.41, 5.74) is 0.677. The molecule has 0 heterocycles. The minimum atomic E-state index is -0.729. The smallest absolute Gasteiger partial charge is 0.338 e. The second-order valence-corrected chi connectivity index (χ2v) is 5.57. The van der Waals surface area contributed by atoms with Crippen LogP contribution < -0.4 is 14.2 Å². The van der Waals surface area contributed by atoms with Crippen LogP contribution in [0.1, 0.15) is 26.3 Å². The van der Waals surface area contributed by atoms with Crippen LogP contribution in [0.3, 0.4) is 0 Å². The number of hydrogen-bond donors (Lipinski definition) is 0. The number of esters is 3. The molecule has 0 aliphatic carbocycles. The van der Waals surface area contributed by atoms with Gasteiger partial charge in [0.2, 0.25) is 0 Å². The molecule has 29 heavy (non-hydrogen) atoms. The van der Waals surface area contributed by atoms with Gasteiger partial charge in [-0.2, -0.15) is 0 Å². The van der Waals surface area contributed by atoms with Gasteiger partial charge < -0.3 is 23.7 Å². The molecular formula is C21H20O8. The van der Waals surface area contributed by atoms with Crippen molar-refractivity contribution in [1.82, 2.24) is 0 Å². The average Bonchev–Trinajstić information content (AvgIpc) is 2.75. The van der Waals surface area contributed by atoms with Crippen molar-refractivity contribution in [3.05, 3.63) is 59.2 Å². The monoisotopic (exact) mass is 400 g/mol. The fourth-order valence-corrected chi connectivity index (χ4v) is 2.48. The zero-order valence-corrected chi connectivity index (χ0v) is 16.4. The largest absolute Gasteiger partial charge is 0.493 e. The molecule has 2 rings (SSSR count). The lowest BCUT2D eigenvalue weighted by Gasteiger charge is -2.10. The Hall–Kier alpha value is -3.81. The predicted octanol–water partition coefficient (Wildman–Crippen LogP) is 2.90. The van der Waals surface area contributed by atoms with Gasteiger partial charge in [0.25, 0.3) is 0 Å². The van der Waals surface area contributed by atoms with Crippen molar-refractivity contribution in [2.24, 2.45) is 0 Å². The van der Waals surface area contributed by atoms with E-state index in [1.165, 1.54) is 58.8 Å². The molecule has 0 amide bonds. The third-order valence-corrected chi connectivity index (χ3v) is 3.80. The van der Waals surface area contributed by atoms with Crippen LogP contribution in [-0.4, -0.2) is 46.3 Å². The molecule has 0 unspecified atom stereocenters. The average molecular weight is 400 g/mol. The van der Waals surface area contributed by atoms with Gasteiger partial charge in [-0.15, -0.1) is 0 Å². The molecule has 0 spiro atoms. The molecule has 0 bridgehead atoms. The Bertz CT molecular complexity index is 911. The van der Waals surface area contributed by atoms with Gasteiger partial charge in [0, 0.05) is 11.6 Å². The molecule has 2 aromatic carbocycles. The molecule has 2 aromatic rings. The Morgan fingerprint density at radius 3 is 1.97 bits per heavy atom. The molecule has 0 saturated heterocycles. The van der Waals surface area contributed by atoms with Gasteiger partial charge in [0.1, 0.15) is 5.75 Å². The highest BCUT2D eigenvalue weighted by Crippen LogP contribution is 2.31. The maximum Gasteiger partial charge on any atom is 0.338 e. The highest BCUT2D eigenvalue weighted by Gasteiger charge is 2.16. The van der Waals surface area contributed by atoms with Crippen LogP contribution in [0.25, 0.3) is 6.08 Å². The van der Waals surface area contributed by atoms with Gasteiger partial charge in [0.15, 0.2) is 11.5 Å². The van der Waals surface area contributed by atoms with Crippen LogP contribution >= 0.6 is 0 Å². The van der Waals surface area contributed by atoms with Crippen LogP contribution in [0.4, 0.5) is 0 Å². The van der Waals surface area contributed by atoms with Crippen molar-refractivity contribution in [1.29, 1.82) is 0 Å². The summed E-state index contributed by atoms with van der Waals surface area (Å²) in [6.45, 7) is 0. The van der Waals surface area contributed by atoms with Crippen LogP contribution in [-0.2, 0) is 14.3 Å². The Balaban J connectivity index is 2.27. The fourth-order valence-electron chi connectivity index (χ4n) is 2.48. The summed E-state index contributed by atoms with van der Waals surface area (Å²) in [6, 6.07) is 9.06. The lowest BCUT2D eigenvalue weighted by Crippen LogP contribution is -2.10. The van der Waals surface area contributed by atoms with E-state index in [0.717, 1.165) is 0 Å². The molecule has 8 heteroatoms. The van der Waals surface area contributed by atoms with Crippen molar-refractivity contribution in [3.63, 3.8) is 0 Å². The number of hydrogen-bond acceptors (Lipinski definition) is 8. The summed E-state index contributed by atoms with van der Waals surface area (Å²) in [5.74, 6) is -1.15. The summed E-state index contributed by atoms with van der Waals surface area (Å²) in [4.78, 5) is 35.8. The first kappa shape index (κ1) is 21.5. The maximum absolute atomic E-state index is 12.2.